The van der Waals surface area contributed by atoms with E-state index in [-0.39, 0.29) is 5.69 Å². The molecule has 0 amide bonds. The quantitative estimate of drug-likeness (QED) is 0.589. The lowest BCUT2D eigenvalue weighted by Gasteiger charge is -2.05. The van der Waals surface area contributed by atoms with Crippen molar-refractivity contribution in [1.82, 2.24) is 15.0 Å². The number of H-pyrrole nitrogens is 1. The third-order valence-corrected chi connectivity index (χ3v) is 3.47. The van der Waals surface area contributed by atoms with E-state index < -0.39 is 4.92 Å². The standard InChI is InChI=1S/C16H14N4O3/c1-10-15(11-4-3-7-17-9-11)19-16(18-10)13-6-5-12(20(21)22)8-14(13)23-2/h3-9H,1-2H3,(H,18,19). The van der Waals surface area contributed by atoms with Crippen LogP contribution in [0.1, 0.15) is 5.69 Å². The molecule has 3 rings (SSSR count). The van der Waals surface area contributed by atoms with Gasteiger partial charge in [0, 0.05) is 29.7 Å². The topological polar surface area (TPSA) is 93.9 Å². The minimum atomic E-state index is -0.458. The zero-order valence-electron chi connectivity index (χ0n) is 12.6. The van der Waals surface area contributed by atoms with Gasteiger partial charge in [-0.05, 0) is 25.1 Å². The maximum atomic E-state index is 10.9. The molecule has 116 valence electrons. The number of hydrogen-bond donors (Lipinski definition) is 1. The van der Waals surface area contributed by atoms with Crippen LogP contribution < -0.4 is 4.74 Å². The van der Waals surface area contributed by atoms with E-state index in [2.05, 4.69) is 15.0 Å². The van der Waals surface area contributed by atoms with Crippen LogP contribution in [0.3, 0.4) is 0 Å². The number of hydrogen-bond acceptors (Lipinski definition) is 5. The molecule has 0 radical (unpaired) electrons. The summed E-state index contributed by atoms with van der Waals surface area (Å²) < 4.78 is 5.27. The number of nitro benzene ring substituents is 1. The van der Waals surface area contributed by atoms with Crippen molar-refractivity contribution in [2.75, 3.05) is 7.11 Å². The van der Waals surface area contributed by atoms with Crippen LogP contribution in [0.15, 0.2) is 42.7 Å². The summed E-state index contributed by atoms with van der Waals surface area (Å²) in [5.41, 5.74) is 3.20. The molecule has 7 heteroatoms. The highest BCUT2D eigenvalue weighted by Gasteiger charge is 2.17. The molecule has 1 N–H and O–H groups in total. The Hall–Kier alpha value is -3.22. The number of nitrogens with zero attached hydrogens (tertiary/aromatic N) is 3. The van der Waals surface area contributed by atoms with Crippen molar-refractivity contribution in [3.8, 4) is 28.4 Å². The summed E-state index contributed by atoms with van der Waals surface area (Å²) in [7, 11) is 1.47. The van der Waals surface area contributed by atoms with Gasteiger partial charge in [0.15, 0.2) is 0 Å². The first-order chi connectivity index (χ1) is 11.1. The molecular weight excluding hydrogens is 296 g/mol. The number of pyridine rings is 1. The Labute approximate surface area is 132 Å². The zero-order chi connectivity index (χ0) is 16.4. The summed E-state index contributed by atoms with van der Waals surface area (Å²) in [6.07, 6.45) is 3.44. The van der Waals surface area contributed by atoms with E-state index in [9.17, 15) is 10.1 Å². The Morgan fingerprint density at radius 2 is 2.13 bits per heavy atom. The summed E-state index contributed by atoms with van der Waals surface area (Å²) in [5.74, 6) is 0.985. The van der Waals surface area contributed by atoms with E-state index in [4.69, 9.17) is 4.74 Å². The molecule has 0 bridgehead atoms. The molecule has 0 unspecified atom stereocenters. The number of ether oxygens (including phenoxy) is 1. The van der Waals surface area contributed by atoms with Gasteiger partial charge in [-0.2, -0.15) is 0 Å². The van der Waals surface area contributed by atoms with Gasteiger partial charge >= 0.3 is 0 Å². The molecule has 0 aliphatic heterocycles. The van der Waals surface area contributed by atoms with Gasteiger partial charge in [-0.25, -0.2) is 4.98 Å². The third-order valence-electron chi connectivity index (χ3n) is 3.47. The maximum absolute atomic E-state index is 10.9. The van der Waals surface area contributed by atoms with E-state index in [1.165, 1.54) is 19.2 Å². The van der Waals surface area contributed by atoms with Crippen molar-refractivity contribution in [2.24, 2.45) is 0 Å². The molecule has 23 heavy (non-hydrogen) atoms. The molecule has 0 spiro atoms. The van der Waals surface area contributed by atoms with Crippen molar-refractivity contribution in [3.05, 3.63) is 58.5 Å². The summed E-state index contributed by atoms with van der Waals surface area (Å²) in [5, 5.41) is 10.9. The second-order valence-corrected chi connectivity index (χ2v) is 4.94. The predicted molar refractivity (Wildman–Crippen MR) is 85.2 cm³/mol. The monoisotopic (exact) mass is 310 g/mol. The van der Waals surface area contributed by atoms with Crippen molar-refractivity contribution in [3.63, 3.8) is 0 Å². The number of nitro groups is 1. The normalized spacial score (nSPS) is 10.5. The number of nitrogens with one attached hydrogen (secondary N) is 1. The Bertz CT molecular complexity index is 859. The highest BCUT2D eigenvalue weighted by Crippen LogP contribution is 2.33. The molecule has 0 aliphatic rings. The number of benzene rings is 1. The molecule has 0 atom stereocenters. The highest BCUT2D eigenvalue weighted by atomic mass is 16.6. The van der Waals surface area contributed by atoms with E-state index in [1.807, 2.05) is 19.1 Å². The first-order valence-corrected chi connectivity index (χ1v) is 6.90. The molecular formula is C16H14N4O3. The van der Waals surface area contributed by atoms with Gasteiger partial charge in [0.1, 0.15) is 11.6 Å². The second-order valence-electron chi connectivity index (χ2n) is 4.94. The fourth-order valence-electron chi connectivity index (χ4n) is 2.36. The van der Waals surface area contributed by atoms with Gasteiger partial charge in [-0.1, -0.05) is 0 Å². The number of aryl methyl sites for hydroxylation is 1. The molecule has 2 aromatic heterocycles. The van der Waals surface area contributed by atoms with Crippen molar-refractivity contribution in [2.45, 2.75) is 6.92 Å². The van der Waals surface area contributed by atoms with Gasteiger partial charge in [-0.3, -0.25) is 15.1 Å². The number of aromatic nitrogens is 3. The first kappa shape index (κ1) is 14.7. The van der Waals surface area contributed by atoms with Gasteiger partial charge < -0.3 is 9.72 Å². The average Bonchev–Trinajstić information content (AvgIpc) is 2.96. The molecule has 1 aromatic carbocycles. The van der Waals surface area contributed by atoms with Gasteiger partial charge in [-0.15, -0.1) is 0 Å². The van der Waals surface area contributed by atoms with Crippen molar-refractivity contribution < 1.29 is 9.66 Å². The van der Waals surface area contributed by atoms with Crippen LogP contribution in [0.4, 0.5) is 5.69 Å². The van der Waals surface area contributed by atoms with E-state index in [1.54, 1.807) is 18.5 Å². The maximum Gasteiger partial charge on any atom is 0.273 e. The minimum Gasteiger partial charge on any atom is -0.496 e. The molecule has 3 aromatic rings. The van der Waals surface area contributed by atoms with Crippen LogP contribution in [-0.2, 0) is 0 Å². The van der Waals surface area contributed by atoms with E-state index in [0.29, 0.717) is 17.1 Å². The van der Waals surface area contributed by atoms with Crippen LogP contribution >= 0.6 is 0 Å². The minimum absolute atomic E-state index is 0.0265. The number of rotatable bonds is 4. The lowest BCUT2D eigenvalue weighted by molar-refractivity contribution is -0.384. The van der Waals surface area contributed by atoms with Crippen molar-refractivity contribution in [1.29, 1.82) is 0 Å². The smallest absolute Gasteiger partial charge is 0.273 e. The average molecular weight is 310 g/mol. The summed E-state index contributed by atoms with van der Waals surface area (Å²) in [4.78, 5) is 22.3. The fourth-order valence-corrected chi connectivity index (χ4v) is 2.36. The number of non-ortho nitro benzene ring substituents is 1. The van der Waals surface area contributed by atoms with Gasteiger partial charge in [0.05, 0.1) is 29.4 Å². The summed E-state index contributed by atoms with van der Waals surface area (Å²) in [6.45, 7) is 1.91. The molecule has 0 fully saturated rings. The van der Waals surface area contributed by atoms with Crippen LogP contribution in [-0.4, -0.2) is 27.0 Å². The third kappa shape index (κ3) is 2.76. The Morgan fingerprint density at radius 3 is 2.78 bits per heavy atom. The van der Waals surface area contributed by atoms with Crippen LogP contribution in [0.5, 0.6) is 5.75 Å². The SMILES string of the molecule is COc1cc([N+](=O)[O-])ccc1-c1nc(-c2cccnc2)c(C)[nH]1. The molecule has 2 heterocycles. The number of imidazole rings is 1. The van der Waals surface area contributed by atoms with Crippen LogP contribution in [0.25, 0.3) is 22.6 Å². The molecule has 0 saturated carbocycles. The van der Waals surface area contributed by atoms with Gasteiger partial charge in [0.25, 0.3) is 5.69 Å². The summed E-state index contributed by atoms with van der Waals surface area (Å²) in [6, 6.07) is 8.21. The van der Waals surface area contributed by atoms with E-state index in [0.717, 1.165) is 17.0 Å². The predicted octanol–water partition coefficient (Wildman–Crippen LogP) is 3.36. The molecule has 7 nitrogen and oxygen atoms in total. The largest absolute Gasteiger partial charge is 0.496 e. The second kappa shape index (κ2) is 5.88. The fraction of sp³-hybridized carbons (Fsp3) is 0.125. The lowest BCUT2D eigenvalue weighted by Crippen LogP contribution is -1.93. The summed E-state index contributed by atoms with van der Waals surface area (Å²) >= 11 is 0. The Morgan fingerprint density at radius 1 is 1.30 bits per heavy atom. The lowest BCUT2D eigenvalue weighted by atomic mass is 10.1. The Kier molecular flexibility index (Phi) is 3.76. The van der Waals surface area contributed by atoms with Crippen LogP contribution in [0, 0.1) is 17.0 Å². The number of aromatic amines is 1. The zero-order valence-corrected chi connectivity index (χ0v) is 12.6. The van der Waals surface area contributed by atoms with E-state index >= 15 is 0 Å². The van der Waals surface area contributed by atoms with Gasteiger partial charge in [0.2, 0.25) is 0 Å². The molecule has 0 saturated heterocycles. The number of methoxy groups -OCH3 is 1. The molecule has 0 aliphatic carbocycles. The first-order valence-electron chi connectivity index (χ1n) is 6.90. The Balaban J connectivity index is 2.08. The van der Waals surface area contributed by atoms with Crippen LogP contribution in [0.2, 0.25) is 0 Å². The highest BCUT2D eigenvalue weighted by molar-refractivity contribution is 5.71. The van der Waals surface area contributed by atoms with Crippen molar-refractivity contribution >= 4 is 5.69 Å².